The Kier molecular flexibility index (Phi) is 7.13. The van der Waals surface area contributed by atoms with E-state index in [9.17, 15) is 27.9 Å². The largest absolute Gasteiger partial charge is 0.487 e. The monoisotopic (exact) mass is 429 g/mol. The SMILES string of the molecule is CC(C)C(NC(=O)c1cccc(COc2ccc(C(F)(F)F)cc2Cl)c1)C(=O)O. The molecule has 0 saturated heterocycles. The topological polar surface area (TPSA) is 75.6 Å². The Bertz CT molecular complexity index is 900. The Morgan fingerprint density at radius 3 is 2.41 bits per heavy atom. The van der Waals surface area contributed by atoms with Gasteiger partial charge >= 0.3 is 12.1 Å². The van der Waals surface area contributed by atoms with Gasteiger partial charge in [-0.15, -0.1) is 0 Å². The first-order valence-corrected chi connectivity index (χ1v) is 8.99. The molecule has 0 radical (unpaired) electrons. The number of ether oxygens (including phenoxy) is 1. The molecule has 0 aliphatic carbocycles. The summed E-state index contributed by atoms with van der Waals surface area (Å²) >= 11 is 5.86. The van der Waals surface area contributed by atoms with Crippen LogP contribution in [0.4, 0.5) is 13.2 Å². The number of hydrogen-bond donors (Lipinski definition) is 2. The number of alkyl halides is 3. The summed E-state index contributed by atoms with van der Waals surface area (Å²) in [5.41, 5.74) is -0.0896. The van der Waals surface area contributed by atoms with Crippen molar-refractivity contribution in [3.8, 4) is 5.75 Å². The van der Waals surface area contributed by atoms with E-state index in [0.29, 0.717) is 5.56 Å². The number of carboxylic acid groups (broad SMARTS) is 1. The van der Waals surface area contributed by atoms with Gasteiger partial charge in [0.1, 0.15) is 18.4 Å². The fourth-order valence-electron chi connectivity index (χ4n) is 2.50. The van der Waals surface area contributed by atoms with E-state index in [-0.39, 0.29) is 28.9 Å². The highest BCUT2D eigenvalue weighted by Crippen LogP contribution is 2.34. The van der Waals surface area contributed by atoms with E-state index in [0.717, 1.165) is 18.2 Å². The molecule has 0 aliphatic rings. The van der Waals surface area contributed by atoms with Crippen LogP contribution in [0.3, 0.4) is 0 Å². The first kappa shape index (κ1) is 22.5. The van der Waals surface area contributed by atoms with Gasteiger partial charge in [-0.3, -0.25) is 4.79 Å². The molecule has 156 valence electrons. The maximum absolute atomic E-state index is 12.7. The third-order valence-electron chi connectivity index (χ3n) is 4.06. The van der Waals surface area contributed by atoms with Gasteiger partial charge in [0, 0.05) is 5.56 Å². The molecule has 29 heavy (non-hydrogen) atoms. The zero-order valence-corrected chi connectivity index (χ0v) is 16.3. The van der Waals surface area contributed by atoms with Crippen molar-refractivity contribution in [3.05, 3.63) is 64.2 Å². The lowest BCUT2D eigenvalue weighted by Crippen LogP contribution is -2.44. The molecule has 1 unspecified atom stereocenters. The van der Waals surface area contributed by atoms with E-state index in [1.807, 2.05) is 0 Å². The van der Waals surface area contributed by atoms with Crippen LogP contribution >= 0.6 is 11.6 Å². The van der Waals surface area contributed by atoms with E-state index < -0.39 is 29.7 Å². The summed E-state index contributed by atoms with van der Waals surface area (Å²) in [6.07, 6.45) is -4.51. The molecule has 2 aromatic carbocycles. The third-order valence-corrected chi connectivity index (χ3v) is 4.36. The molecule has 9 heteroatoms. The molecular formula is C20H19ClF3NO4. The van der Waals surface area contributed by atoms with Gasteiger partial charge in [-0.25, -0.2) is 4.79 Å². The summed E-state index contributed by atoms with van der Waals surface area (Å²) in [6.45, 7) is 3.31. The van der Waals surface area contributed by atoms with Crippen LogP contribution in [-0.4, -0.2) is 23.0 Å². The number of carboxylic acids is 1. The van der Waals surface area contributed by atoms with Crippen molar-refractivity contribution in [3.63, 3.8) is 0 Å². The minimum absolute atomic E-state index is 0.0429. The summed E-state index contributed by atoms with van der Waals surface area (Å²) in [5.74, 6) is -1.92. The highest BCUT2D eigenvalue weighted by Gasteiger charge is 2.31. The van der Waals surface area contributed by atoms with Gasteiger partial charge < -0.3 is 15.2 Å². The molecular weight excluding hydrogens is 411 g/mol. The summed E-state index contributed by atoms with van der Waals surface area (Å²) in [4.78, 5) is 23.6. The average molecular weight is 430 g/mol. The summed E-state index contributed by atoms with van der Waals surface area (Å²) in [6, 6.07) is 8.01. The number of rotatable bonds is 7. The molecule has 5 nitrogen and oxygen atoms in total. The van der Waals surface area contributed by atoms with Crippen molar-refractivity contribution in [2.45, 2.75) is 32.7 Å². The van der Waals surface area contributed by atoms with E-state index in [1.54, 1.807) is 26.0 Å². The fourth-order valence-corrected chi connectivity index (χ4v) is 2.73. The summed E-state index contributed by atoms with van der Waals surface area (Å²) in [7, 11) is 0. The van der Waals surface area contributed by atoms with Gasteiger partial charge in [0.15, 0.2) is 0 Å². The van der Waals surface area contributed by atoms with Crippen molar-refractivity contribution in [2.75, 3.05) is 0 Å². The minimum Gasteiger partial charge on any atom is -0.487 e. The molecule has 0 fully saturated rings. The minimum atomic E-state index is -4.51. The van der Waals surface area contributed by atoms with Gasteiger partial charge in [0.2, 0.25) is 0 Å². The number of carbonyl (C=O) groups is 2. The predicted molar refractivity (Wildman–Crippen MR) is 101 cm³/mol. The molecule has 0 heterocycles. The molecule has 0 aromatic heterocycles. The van der Waals surface area contributed by atoms with E-state index in [4.69, 9.17) is 16.3 Å². The molecule has 1 amide bonds. The molecule has 0 aliphatic heterocycles. The van der Waals surface area contributed by atoms with Crippen LogP contribution < -0.4 is 10.1 Å². The van der Waals surface area contributed by atoms with Crippen molar-refractivity contribution in [2.24, 2.45) is 5.92 Å². The molecule has 2 rings (SSSR count). The van der Waals surface area contributed by atoms with Gasteiger partial charge in [-0.2, -0.15) is 13.2 Å². The quantitative estimate of drug-likeness (QED) is 0.664. The van der Waals surface area contributed by atoms with Gasteiger partial charge in [-0.05, 0) is 41.8 Å². The third kappa shape index (κ3) is 6.12. The van der Waals surface area contributed by atoms with Crippen molar-refractivity contribution >= 4 is 23.5 Å². The summed E-state index contributed by atoms with van der Waals surface area (Å²) < 4.78 is 43.5. The number of halogens is 4. The van der Waals surface area contributed by atoms with Crippen LogP contribution in [0.1, 0.15) is 35.3 Å². The van der Waals surface area contributed by atoms with Gasteiger partial charge in [-0.1, -0.05) is 37.6 Å². The molecule has 2 N–H and O–H groups in total. The molecule has 0 saturated carbocycles. The predicted octanol–water partition coefficient (Wildman–Crippen LogP) is 4.78. The number of benzene rings is 2. The number of nitrogens with one attached hydrogen (secondary N) is 1. The zero-order valence-electron chi connectivity index (χ0n) is 15.6. The van der Waals surface area contributed by atoms with Crippen LogP contribution in [0.2, 0.25) is 5.02 Å². The first-order valence-electron chi connectivity index (χ1n) is 8.61. The van der Waals surface area contributed by atoms with E-state index in [1.165, 1.54) is 12.1 Å². The second-order valence-electron chi connectivity index (χ2n) is 6.67. The standard InChI is InChI=1S/C20H19ClF3NO4/c1-11(2)17(19(27)28)25-18(26)13-5-3-4-12(8-13)10-29-16-7-6-14(9-15(16)21)20(22,23)24/h3-9,11,17H,10H2,1-2H3,(H,25,26)(H,27,28). The van der Waals surface area contributed by atoms with Crippen molar-refractivity contribution in [1.82, 2.24) is 5.32 Å². The van der Waals surface area contributed by atoms with Crippen LogP contribution in [0.15, 0.2) is 42.5 Å². The van der Waals surface area contributed by atoms with Gasteiger partial charge in [0.25, 0.3) is 5.91 Å². The maximum atomic E-state index is 12.7. The Labute approximate surface area is 170 Å². The number of amides is 1. The molecule has 0 spiro atoms. The highest BCUT2D eigenvalue weighted by atomic mass is 35.5. The second-order valence-corrected chi connectivity index (χ2v) is 7.07. The Morgan fingerprint density at radius 1 is 1.17 bits per heavy atom. The molecule has 0 bridgehead atoms. The van der Waals surface area contributed by atoms with Crippen LogP contribution in [0.5, 0.6) is 5.75 Å². The zero-order chi connectivity index (χ0) is 21.8. The highest BCUT2D eigenvalue weighted by molar-refractivity contribution is 6.32. The Morgan fingerprint density at radius 2 is 1.86 bits per heavy atom. The molecule has 2 aromatic rings. The number of aliphatic carboxylic acids is 1. The van der Waals surface area contributed by atoms with Crippen molar-refractivity contribution in [1.29, 1.82) is 0 Å². The smallest absolute Gasteiger partial charge is 0.416 e. The van der Waals surface area contributed by atoms with Crippen molar-refractivity contribution < 1.29 is 32.6 Å². The number of hydrogen-bond acceptors (Lipinski definition) is 3. The average Bonchev–Trinajstić information content (AvgIpc) is 2.63. The fraction of sp³-hybridized carbons (Fsp3) is 0.300. The lowest BCUT2D eigenvalue weighted by Gasteiger charge is -2.18. The van der Waals surface area contributed by atoms with Crippen LogP contribution in [0.25, 0.3) is 0 Å². The van der Waals surface area contributed by atoms with Gasteiger partial charge in [0.05, 0.1) is 10.6 Å². The lowest BCUT2D eigenvalue weighted by molar-refractivity contribution is -0.140. The van der Waals surface area contributed by atoms with E-state index in [2.05, 4.69) is 5.32 Å². The van der Waals surface area contributed by atoms with E-state index >= 15 is 0 Å². The normalized spacial score (nSPS) is 12.5. The lowest BCUT2D eigenvalue weighted by atomic mass is 10.0. The maximum Gasteiger partial charge on any atom is 0.416 e. The summed E-state index contributed by atoms with van der Waals surface area (Å²) in [5, 5.41) is 11.5. The Hall–Kier alpha value is -2.74. The van der Waals surface area contributed by atoms with Crippen LogP contribution in [0, 0.1) is 5.92 Å². The number of carbonyl (C=O) groups excluding carboxylic acids is 1. The Balaban J connectivity index is 2.09. The second kappa shape index (κ2) is 9.17. The first-order chi connectivity index (χ1) is 13.5. The van der Waals surface area contributed by atoms with Crippen LogP contribution in [-0.2, 0) is 17.6 Å². The molecule has 1 atom stereocenters.